The Hall–Kier alpha value is -1.38. The summed E-state index contributed by atoms with van der Waals surface area (Å²) in [5, 5.41) is 2.58. The Morgan fingerprint density at radius 3 is 2.76 bits per heavy atom. The fourth-order valence-electron chi connectivity index (χ4n) is 2.22. The summed E-state index contributed by atoms with van der Waals surface area (Å²) in [4.78, 5) is 25.9. The van der Waals surface area contributed by atoms with Crippen LogP contribution in [0.4, 0.5) is 10.1 Å². The van der Waals surface area contributed by atoms with Gasteiger partial charge in [0, 0.05) is 18.1 Å². The predicted molar refractivity (Wildman–Crippen MR) is 101 cm³/mol. The highest BCUT2D eigenvalue weighted by Gasteiger charge is 2.21. The molecule has 1 fully saturated rings. The Morgan fingerprint density at radius 2 is 2.12 bits per heavy atom. The van der Waals surface area contributed by atoms with Crippen LogP contribution in [0.3, 0.4) is 0 Å². The molecule has 0 saturated carbocycles. The van der Waals surface area contributed by atoms with Gasteiger partial charge in [0.1, 0.15) is 10.1 Å². The number of carbonyl (C=O) groups excluding carboxylic acids is 2. The van der Waals surface area contributed by atoms with Gasteiger partial charge >= 0.3 is 5.97 Å². The van der Waals surface area contributed by atoms with Gasteiger partial charge in [-0.2, -0.15) is 0 Å². The van der Waals surface area contributed by atoms with Gasteiger partial charge in [-0.25, -0.2) is 4.39 Å². The molecule has 136 valence electrons. The zero-order chi connectivity index (χ0) is 18.4. The maximum atomic E-state index is 13.7. The number of esters is 1. The van der Waals surface area contributed by atoms with E-state index < -0.39 is 23.8 Å². The number of likely N-dealkylation sites (tertiary alicyclic amines) is 1. The normalized spacial score (nSPS) is 14.9. The van der Waals surface area contributed by atoms with Crippen LogP contribution < -0.4 is 5.32 Å². The molecule has 1 aromatic carbocycles. The molecule has 1 atom stereocenters. The Balaban J connectivity index is 1.77. The molecule has 1 N–H and O–H groups in total. The number of nitrogens with zero attached hydrogens (tertiary/aromatic N) is 1. The predicted octanol–water partition coefficient (Wildman–Crippen LogP) is 3.46. The largest absolute Gasteiger partial charge is 0.452 e. The number of thioether (sulfide) groups is 1. The van der Waals surface area contributed by atoms with E-state index in [9.17, 15) is 14.0 Å². The van der Waals surface area contributed by atoms with E-state index in [4.69, 9.17) is 28.6 Å². The molecule has 1 heterocycles. The smallest absolute Gasteiger partial charge is 0.317 e. The van der Waals surface area contributed by atoms with Crippen molar-refractivity contribution in [2.75, 3.05) is 24.2 Å². The first-order chi connectivity index (χ1) is 11.9. The van der Waals surface area contributed by atoms with Crippen molar-refractivity contribution < 1.29 is 18.7 Å². The number of carbonyl (C=O) groups is 2. The number of rotatable bonds is 5. The van der Waals surface area contributed by atoms with Crippen LogP contribution in [0.25, 0.3) is 0 Å². The van der Waals surface area contributed by atoms with Crippen molar-refractivity contribution in [1.29, 1.82) is 0 Å². The average Bonchev–Trinajstić information content (AvgIpc) is 3.09. The minimum Gasteiger partial charge on any atom is -0.452 e. The number of nitrogens with one attached hydrogen (secondary N) is 1. The van der Waals surface area contributed by atoms with Crippen molar-refractivity contribution in [3.63, 3.8) is 0 Å². The van der Waals surface area contributed by atoms with Crippen molar-refractivity contribution in [1.82, 2.24) is 4.90 Å². The lowest BCUT2D eigenvalue weighted by molar-refractivity contribution is -0.150. The van der Waals surface area contributed by atoms with Crippen molar-refractivity contribution >= 4 is 57.5 Å². The SMILES string of the molecule is C[C@H](OC(=O)CSC(=S)N1CCCC1)C(=O)Nc1ccc(Cl)cc1F. The number of halogens is 2. The Kier molecular flexibility index (Phi) is 7.46. The first-order valence-corrected chi connectivity index (χ1v) is 9.51. The Morgan fingerprint density at radius 1 is 1.44 bits per heavy atom. The zero-order valence-corrected chi connectivity index (χ0v) is 16.0. The third-order valence-electron chi connectivity index (χ3n) is 3.54. The molecule has 9 heteroatoms. The molecule has 5 nitrogen and oxygen atoms in total. The van der Waals surface area contributed by atoms with Gasteiger partial charge in [0.05, 0.1) is 11.4 Å². The third-order valence-corrected chi connectivity index (χ3v) is 5.28. The molecular formula is C16H18ClFN2O3S2. The summed E-state index contributed by atoms with van der Waals surface area (Å²) < 4.78 is 19.4. The maximum absolute atomic E-state index is 13.7. The summed E-state index contributed by atoms with van der Waals surface area (Å²) in [6.45, 7) is 3.24. The second-order valence-corrected chi connectivity index (χ2v) is 7.54. The molecule has 0 aliphatic carbocycles. The lowest BCUT2D eigenvalue weighted by atomic mass is 10.3. The van der Waals surface area contributed by atoms with Crippen molar-refractivity contribution in [3.8, 4) is 0 Å². The molecule has 1 aromatic rings. The topological polar surface area (TPSA) is 58.6 Å². The number of benzene rings is 1. The van der Waals surface area contributed by atoms with E-state index >= 15 is 0 Å². The van der Waals surface area contributed by atoms with Crippen molar-refractivity contribution in [2.45, 2.75) is 25.9 Å². The van der Waals surface area contributed by atoms with Crippen LogP contribution in [-0.4, -0.2) is 46.0 Å². The number of thiocarbonyl (C=S) groups is 1. The van der Waals surface area contributed by atoms with Crippen LogP contribution in [-0.2, 0) is 14.3 Å². The monoisotopic (exact) mass is 404 g/mol. The lowest BCUT2D eigenvalue weighted by Gasteiger charge is -2.18. The second kappa shape index (κ2) is 9.35. The van der Waals surface area contributed by atoms with Crippen LogP contribution in [0.15, 0.2) is 18.2 Å². The molecule has 1 amide bonds. The number of amides is 1. The minimum absolute atomic E-state index is 0.0260. The van der Waals surface area contributed by atoms with Gasteiger partial charge in [-0.05, 0) is 38.0 Å². The Bertz CT molecular complexity index is 669. The van der Waals surface area contributed by atoms with Gasteiger partial charge in [0.25, 0.3) is 5.91 Å². The quantitative estimate of drug-likeness (QED) is 0.599. The minimum atomic E-state index is -1.05. The molecule has 0 bridgehead atoms. The summed E-state index contributed by atoms with van der Waals surface area (Å²) in [5.41, 5.74) is -0.0260. The average molecular weight is 405 g/mol. The summed E-state index contributed by atoms with van der Waals surface area (Å²) in [6.07, 6.45) is 1.15. The van der Waals surface area contributed by atoms with Gasteiger partial charge in [0.15, 0.2) is 6.10 Å². The molecule has 2 rings (SSSR count). The van der Waals surface area contributed by atoms with Gasteiger partial charge in [0.2, 0.25) is 0 Å². The van der Waals surface area contributed by atoms with E-state index in [1.54, 1.807) is 0 Å². The zero-order valence-electron chi connectivity index (χ0n) is 13.6. The first-order valence-electron chi connectivity index (χ1n) is 7.74. The van der Waals surface area contributed by atoms with Gasteiger partial charge < -0.3 is 15.0 Å². The molecule has 0 radical (unpaired) electrons. The second-order valence-electron chi connectivity index (χ2n) is 5.49. The van der Waals surface area contributed by atoms with E-state index in [-0.39, 0.29) is 16.5 Å². The highest BCUT2D eigenvalue weighted by atomic mass is 35.5. The molecule has 1 saturated heterocycles. The molecule has 25 heavy (non-hydrogen) atoms. The standard InChI is InChI=1S/C16H18ClFN2O3S2/c1-10(15(22)19-13-5-4-11(17)8-12(13)18)23-14(21)9-25-16(24)20-6-2-3-7-20/h4-5,8,10H,2-3,6-7,9H2,1H3,(H,19,22)/t10-/m0/s1. The Labute approximate surface area is 160 Å². The van der Waals surface area contributed by atoms with E-state index in [1.165, 1.54) is 30.8 Å². The number of hydrogen-bond donors (Lipinski definition) is 1. The third kappa shape index (κ3) is 6.13. The number of ether oxygens (including phenoxy) is 1. The van der Waals surface area contributed by atoms with Crippen LogP contribution >= 0.6 is 35.6 Å². The van der Waals surface area contributed by atoms with Crippen LogP contribution in [0.2, 0.25) is 5.02 Å². The molecule has 0 spiro atoms. The van der Waals surface area contributed by atoms with Gasteiger partial charge in [-0.1, -0.05) is 35.6 Å². The lowest BCUT2D eigenvalue weighted by Crippen LogP contribution is -2.31. The molecule has 0 aromatic heterocycles. The van der Waals surface area contributed by atoms with Gasteiger partial charge in [-0.3, -0.25) is 9.59 Å². The van der Waals surface area contributed by atoms with Crippen molar-refractivity contribution in [2.24, 2.45) is 0 Å². The summed E-state index contributed by atoms with van der Waals surface area (Å²) in [5.74, 6) is -1.80. The molecular weight excluding hydrogens is 387 g/mol. The van der Waals surface area contributed by atoms with E-state index in [2.05, 4.69) is 5.32 Å². The number of hydrogen-bond acceptors (Lipinski definition) is 5. The summed E-state index contributed by atoms with van der Waals surface area (Å²) in [7, 11) is 0. The van der Waals surface area contributed by atoms with Crippen LogP contribution in [0.1, 0.15) is 19.8 Å². The first kappa shape index (κ1) is 19.9. The van der Waals surface area contributed by atoms with E-state index in [0.717, 1.165) is 32.0 Å². The summed E-state index contributed by atoms with van der Waals surface area (Å²) in [6, 6.07) is 3.88. The molecule has 0 unspecified atom stereocenters. The fourth-order valence-corrected chi connectivity index (χ4v) is 3.41. The highest BCUT2D eigenvalue weighted by Crippen LogP contribution is 2.19. The van der Waals surface area contributed by atoms with Gasteiger partial charge in [-0.15, -0.1) is 0 Å². The molecule has 1 aliphatic rings. The maximum Gasteiger partial charge on any atom is 0.317 e. The summed E-state index contributed by atoms with van der Waals surface area (Å²) >= 11 is 12.1. The molecule has 1 aliphatic heterocycles. The highest BCUT2D eigenvalue weighted by molar-refractivity contribution is 8.23. The van der Waals surface area contributed by atoms with Crippen LogP contribution in [0.5, 0.6) is 0 Å². The van der Waals surface area contributed by atoms with Crippen molar-refractivity contribution in [3.05, 3.63) is 29.0 Å². The van der Waals surface area contributed by atoms with Crippen LogP contribution in [0, 0.1) is 5.82 Å². The van der Waals surface area contributed by atoms with E-state index in [1.807, 2.05) is 4.90 Å². The fraction of sp³-hybridized carbons (Fsp3) is 0.438. The van der Waals surface area contributed by atoms with E-state index in [0.29, 0.717) is 4.32 Å². The number of anilines is 1.